The third-order valence-corrected chi connectivity index (χ3v) is 11.7. The normalized spacial score (nSPS) is 11.7. The summed E-state index contributed by atoms with van der Waals surface area (Å²) in [5.74, 6) is -1.04. The minimum absolute atomic E-state index is 0. The number of rotatable bonds is 26. The zero-order chi connectivity index (χ0) is 49.0. The molecule has 6 rings (SSSR count). The summed E-state index contributed by atoms with van der Waals surface area (Å²) in [5.41, 5.74) is 18.8. The van der Waals surface area contributed by atoms with Crippen LogP contribution in [0.5, 0.6) is 11.5 Å². The number of carbonyl (C=O) groups excluding carboxylic acids is 4. The highest BCUT2D eigenvalue weighted by Crippen LogP contribution is 2.45. The lowest BCUT2D eigenvalue weighted by atomic mass is 9.92. The van der Waals surface area contributed by atoms with E-state index in [1.807, 2.05) is 123 Å². The van der Waals surface area contributed by atoms with Gasteiger partial charge in [0.15, 0.2) is 6.61 Å². The maximum atomic E-state index is 14.3. The summed E-state index contributed by atoms with van der Waals surface area (Å²) in [4.78, 5) is 58.6. The number of hydrogen-bond donors (Lipinski definition) is 7. The van der Waals surface area contributed by atoms with Crippen LogP contribution >= 0.6 is 27.0 Å². The Morgan fingerprint density at radius 1 is 0.603 bits per heavy atom. The molecule has 14 nitrogen and oxygen atoms in total. The topological polar surface area (TPSA) is 226 Å². The fourth-order valence-corrected chi connectivity index (χ4v) is 8.22. The molecule has 0 fully saturated rings. The van der Waals surface area contributed by atoms with Gasteiger partial charge in [-0.15, -0.1) is 0 Å². The summed E-state index contributed by atoms with van der Waals surface area (Å²) in [7, 11) is 0. The summed E-state index contributed by atoms with van der Waals surface area (Å²) >= 11 is 0. The number of ether oxygens (including phenoxy) is 3. The van der Waals surface area contributed by atoms with E-state index >= 15 is 0 Å². The Balaban J connectivity index is 0.00000456. The standard InChI is InChI=1S/C55H65N7O7.2ClH.2H2S/c1-37(2)34-46(54(66)69-35-39-18-7-4-8-19-39)62-53(65)45(25-15-32-59-55(57)58)61-52(64)44(24-13-14-31-56)60-49(63)36-68-48-29-27-41-21-10-12-23-43(41)51(48)50-42-22-11-9-20-40(42)26-28-47(50)67-33-30-38-16-5-3-6-17-38;;;;/h3-12,16-23,26-29,37,44-46H,13-15,24-25,30-36,56H2,1-2H3,(H,60,63)(H,61,64)(H,62,65)(H4,57,58,59);2*1H;2*1H2/t44-,45-,46+;;;;/m1..../s1. The number of benzene rings is 6. The van der Waals surface area contributed by atoms with Gasteiger partial charge in [0.25, 0.3) is 5.91 Å². The predicted molar refractivity (Wildman–Crippen MR) is 290 cm³/mol. The molecule has 0 saturated carbocycles. The van der Waals surface area contributed by atoms with Gasteiger partial charge < -0.3 is 60.7 Å². The maximum Gasteiger partial charge on any atom is 0.338 e. The third-order valence-electron chi connectivity index (χ3n) is 11.7. The summed E-state index contributed by atoms with van der Waals surface area (Å²) in [5, 5.41) is 12.5. The summed E-state index contributed by atoms with van der Waals surface area (Å²) < 4.78 is 18.6. The first-order valence-electron chi connectivity index (χ1n) is 23.9. The molecule has 3 atom stereocenters. The molecule has 3 amide bonds. The van der Waals surface area contributed by atoms with Crippen molar-refractivity contribution >= 4 is 78.2 Å². The highest BCUT2D eigenvalue weighted by molar-refractivity contribution is 7.59. The second-order valence-electron chi connectivity index (χ2n) is 17.5. The van der Waals surface area contributed by atoms with Gasteiger partial charge in [-0.3, -0.25) is 30.8 Å². The number of unbranched alkanes of at least 4 members (excludes halogenated alkanes) is 1. The molecule has 0 aliphatic carbocycles. The van der Waals surface area contributed by atoms with Crippen LogP contribution in [0, 0.1) is 5.92 Å². The molecule has 18 heteroatoms. The van der Waals surface area contributed by atoms with Crippen LogP contribution in [0.25, 0.3) is 32.7 Å². The molecule has 73 heavy (non-hydrogen) atoms. The number of halogens is 2. The number of nitrogens with two attached hydrogens (primary N) is 2. The number of hydrogen-bond acceptors (Lipinski definition) is 7. The largest absolute Gasteiger partial charge is 1.00 e. The Kier molecular flexibility index (Phi) is 28.3. The molecular weight excluding hydrogens is 1010 g/mol. The van der Waals surface area contributed by atoms with E-state index in [0.29, 0.717) is 63.3 Å². The molecular formula is C55H71Cl2N7O7S2. The van der Waals surface area contributed by atoms with E-state index in [1.54, 1.807) is 0 Å². The van der Waals surface area contributed by atoms with Crippen molar-refractivity contribution in [2.75, 3.05) is 26.3 Å². The van der Waals surface area contributed by atoms with Crippen molar-refractivity contribution in [2.24, 2.45) is 17.4 Å². The number of quaternary nitrogens is 1. The summed E-state index contributed by atoms with van der Waals surface area (Å²) in [6.45, 7) is 4.92. The van der Waals surface area contributed by atoms with Gasteiger partial charge in [-0.05, 0) is 89.2 Å². The SMILES string of the molecule is CC(C)C[C@H](NC(=O)[C@@H](CCC[NH+]=C(N)N)NC(=O)[C@@H](CCCC[NH3+])NC(=O)COc1ccc2ccccc2c1-c1c(OCCc2ccccc2)ccc2ccccc12)C(=O)OCc1ccccc1.S.S.[Cl-].[Cl-]. The smallest absolute Gasteiger partial charge is 0.338 e. The molecule has 0 aliphatic heterocycles. The number of nitrogens with one attached hydrogen (secondary N) is 4. The Hall–Kier alpha value is -6.17. The van der Waals surface area contributed by atoms with E-state index in [4.69, 9.17) is 25.7 Å². The molecule has 6 aromatic carbocycles. The Morgan fingerprint density at radius 3 is 1.67 bits per heavy atom. The molecule has 0 aliphatic rings. The van der Waals surface area contributed by atoms with Gasteiger partial charge in [-0.1, -0.05) is 135 Å². The van der Waals surface area contributed by atoms with Gasteiger partial charge in [0.2, 0.25) is 11.8 Å². The van der Waals surface area contributed by atoms with Crippen molar-refractivity contribution < 1.29 is 68.9 Å². The number of guanidine groups is 1. The molecule has 0 heterocycles. The fraction of sp³-hybridized carbons (Fsp3) is 0.327. The minimum atomic E-state index is -1.08. The van der Waals surface area contributed by atoms with Crippen LogP contribution in [-0.2, 0) is 36.9 Å². The van der Waals surface area contributed by atoms with Crippen molar-refractivity contribution in [1.82, 2.24) is 16.0 Å². The van der Waals surface area contributed by atoms with Gasteiger partial charge in [-0.2, -0.15) is 27.0 Å². The van der Waals surface area contributed by atoms with Crippen LogP contribution in [0.15, 0.2) is 133 Å². The number of amides is 3. The molecule has 0 aromatic heterocycles. The molecule has 0 unspecified atom stereocenters. The predicted octanol–water partition coefficient (Wildman–Crippen LogP) is -1.32. The number of fused-ring (bicyclic) bond motifs is 2. The second-order valence-corrected chi connectivity index (χ2v) is 17.5. The highest BCUT2D eigenvalue weighted by atomic mass is 35.5. The number of carbonyl (C=O) groups is 4. The summed E-state index contributed by atoms with van der Waals surface area (Å²) in [6, 6.07) is 40.3. The molecule has 11 N–H and O–H groups in total. The van der Waals surface area contributed by atoms with Crippen LogP contribution in [0.4, 0.5) is 0 Å². The van der Waals surface area contributed by atoms with Gasteiger partial charge in [0, 0.05) is 17.5 Å². The lowest BCUT2D eigenvalue weighted by Gasteiger charge is -2.26. The fourth-order valence-electron chi connectivity index (χ4n) is 8.22. The lowest BCUT2D eigenvalue weighted by molar-refractivity contribution is -0.459. The average Bonchev–Trinajstić information content (AvgIpc) is 3.35. The van der Waals surface area contributed by atoms with Gasteiger partial charge in [0.1, 0.15) is 36.2 Å². The first-order valence-corrected chi connectivity index (χ1v) is 23.9. The Labute approximate surface area is 455 Å². The quantitative estimate of drug-likeness (QED) is 0.0148. The van der Waals surface area contributed by atoms with E-state index in [2.05, 4.69) is 50.9 Å². The zero-order valence-electron chi connectivity index (χ0n) is 41.5. The lowest BCUT2D eigenvalue weighted by Crippen LogP contribution is -3.00. The van der Waals surface area contributed by atoms with Crippen LogP contribution in [0.2, 0.25) is 0 Å². The monoisotopic (exact) mass is 1080 g/mol. The van der Waals surface area contributed by atoms with Crippen molar-refractivity contribution in [2.45, 2.75) is 83.5 Å². The molecule has 0 spiro atoms. The molecule has 0 bridgehead atoms. The summed E-state index contributed by atoms with van der Waals surface area (Å²) in [6.07, 6.45) is 3.17. The van der Waals surface area contributed by atoms with Crippen LogP contribution in [-0.4, -0.2) is 74.1 Å². The molecule has 0 radical (unpaired) electrons. The van der Waals surface area contributed by atoms with Gasteiger partial charge >= 0.3 is 11.9 Å². The highest BCUT2D eigenvalue weighted by Gasteiger charge is 2.31. The maximum absolute atomic E-state index is 14.3. The van der Waals surface area contributed by atoms with Crippen LogP contribution in [0.1, 0.15) is 63.5 Å². The average molecular weight is 1080 g/mol. The second kappa shape index (κ2) is 32.8. The molecule has 0 saturated heterocycles. The van der Waals surface area contributed by atoms with E-state index in [9.17, 15) is 19.2 Å². The molecule has 394 valence electrons. The number of esters is 1. The third kappa shape index (κ3) is 19.3. The van der Waals surface area contributed by atoms with E-state index in [0.717, 1.165) is 43.8 Å². The Bertz CT molecular complexity index is 2680. The van der Waals surface area contributed by atoms with Gasteiger partial charge in [0.05, 0.1) is 19.7 Å². The van der Waals surface area contributed by atoms with Crippen molar-refractivity contribution in [3.8, 4) is 22.6 Å². The van der Waals surface area contributed by atoms with Crippen molar-refractivity contribution in [3.63, 3.8) is 0 Å². The van der Waals surface area contributed by atoms with E-state index < -0.39 is 48.4 Å². The Morgan fingerprint density at radius 2 is 1.11 bits per heavy atom. The van der Waals surface area contributed by atoms with Crippen molar-refractivity contribution in [1.29, 1.82) is 0 Å². The zero-order valence-corrected chi connectivity index (χ0v) is 45.0. The van der Waals surface area contributed by atoms with E-state index in [-0.39, 0.29) is 83.1 Å². The first kappa shape index (κ1) is 62.9. The van der Waals surface area contributed by atoms with Gasteiger partial charge in [-0.25, -0.2) is 4.79 Å². The van der Waals surface area contributed by atoms with Crippen molar-refractivity contribution in [3.05, 3.63) is 145 Å². The molecule has 6 aromatic rings. The van der Waals surface area contributed by atoms with Crippen LogP contribution in [0.3, 0.4) is 0 Å². The minimum Gasteiger partial charge on any atom is -1.00 e. The van der Waals surface area contributed by atoms with E-state index in [1.165, 1.54) is 0 Å². The van der Waals surface area contributed by atoms with Crippen LogP contribution < -0.4 is 72.4 Å². The first-order chi connectivity index (χ1) is 33.5.